The van der Waals surface area contributed by atoms with Crippen LogP contribution < -0.4 is 5.19 Å². The first-order valence-electron chi connectivity index (χ1n) is 16.6. The molecule has 48 heavy (non-hydrogen) atoms. The van der Waals surface area contributed by atoms with E-state index in [1.54, 1.807) is 0 Å². The zero-order valence-electron chi connectivity index (χ0n) is 28.6. The van der Waals surface area contributed by atoms with Gasteiger partial charge in [0.25, 0.3) is 0 Å². The summed E-state index contributed by atoms with van der Waals surface area (Å²) >= 11 is 0. The molecule has 245 valence electrons. The van der Waals surface area contributed by atoms with Crippen molar-refractivity contribution in [2.75, 3.05) is 0 Å². The topological polar surface area (TPSA) is 38.9 Å². The Kier molecular flexibility index (Phi) is 11.3. The van der Waals surface area contributed by atoms with E-state index < -0.39 is 8.07 Å². The molecule has 0 aliphatic rings. The number of pyridine rings is 2. The summed E-state index contributed by atoms with van der Waals surface area (Å²) in [5, 5.41) is 3.69. The molecule has 0 saturated heterocycles. The van der Waals surface area contributed by atoms with Crippen LogP contribution in [0.15, 0.2) is 120 Å². The Morgan fingerprint density at radius 2 is 1.54 bits per heavy atom. The molecule has 1 radical (unpaired) electrons. The summed E-state index contributed by atoms with van der Waals surface area (Å²) in [7, 11) is -1.27. The molecule has 0 spiro atoms. The number of hydrogen-bond donors (Lipinski definition) is 0. The van der Waals surface area contributed by atoms with Gasteiger partial charge in [-0.3, -0.25) is 0 Å². The first kappa shape index (κ1) is 35.2. The molecule has 3 aromatic heterocycles. The van der Waals surface area contributed by atoms with Crippen LogP contribution in [-0.2, 0) is 20.1 Å². The van der Waals surface area contributed by atoms with E-state index in [1.165, 1.54) is 27.4 Å². The minimum atomic E-state index is -1.27. The Labute approximate surface area is 299 Å². The molecule has 7 rings (SSSR count). The molecule has 7 aromatic rings. The second-order valence-corrected chi connectivity index (χ2v) is 18.2. The molecule has 0 aliphatic heterocycles. The molecule has 0 aliphatic carbocycles. The molecule has 3 nitrogen and oxygen atoms in total. The SMILES string of the molecule is CCC(CC)c1ccnc(-c2[c-]ccc3c2oc2cccc(-c4ccccc4)c23)c1.Cc1cc(-c2[c-]cccc2)ncc1[Si](C)(C)C.[Ir]. The fourth-order valence-corrected chi connectivity index (χ4v) is 8.19. The molecule has 3 heterocycles. The summed E-state index contributed by atoms with van der Waals surface area (Å²) in [4.78, 5) is 9.25. The van der Waals surface area contributed by atoms with Crippen molar-refractivity contribution in [2.24, 2.45) is 0 Å². The fourth-order valence-electron chi connectivity index (χ4n) is 6.48. The molecular weight excluding hydrogens is 781 g/mol. The van der Waals surface area contributed by atoms with Gasteiger partial charge in [-0.1, -0.05) is 110 Å². The second kappa shape index (κ2) is 15.4. The van der Waals surface area contributed by atoms with Gasteiger partial charge in [0, 0.05) is 37.9 Å². The molecule has 0 amide bonds. The van der Waals surface area contributed by atoms with E-state index in [4.69, 9.17) is 4.42 Å². The first-order chi connectivity index (χ1) is 22.8. The van der Waals surface area contributed by atoms with Crippen LogP contribution in [0.25, 0.3) is 55.6 Å². The monoisotopic (exact) mass is 823 g/mol. The summed E-state index contributed by atoms with van der Waals surface area (Å²) in [5.74, 6) is 0.548. The number of aryl methyl sites for hydroxylation is 1. The maximum absolute atomic E-state index is 6.38. The van der Waals surface area contributed by atoms with Gasteiger partial charge in [-0.15, -0.1) is 54.1 Å². The van der Waals surface area contributed by atoms with Crippen molar-refractivity contribution < 1.29 is 24.5 Å². The maximum atomic E-state index is 6.38. The van der Waals surface area contributed by atoms with Gasteiger partial charge < -0.3 is 14.4 Å². The van der Waals surface area contributed by atoms with Crippen LogP contribution in [0.2, 0.25) is 19.6 Å². The summed E-state index contributed by atoms with van der Waals surface area (Å²) in [6.45, 7) is 13.7. The van der Waals surface area contributed by atoms with Gasteiger partial charge in [0.2, 0.25) is 0 Å². The number of hydrogen-bond acceptors (Lipinski definition) is 3. The number of nitrogens with zero attached hydrogens (tertiary/aromatic N) is 2. The maximum Gasteiger partial charge on any atom is 0.121 e. The van der Waals surface area contributed by atoms with E-state index in [0.717, 1.165) is 57.3 Å². The zero-order valence-corrected chi connectivity index (χ0v) is 32.0. The summed E-state index contributed by atoms with van der Waals surface area (Å²) in [6.07, 6.45) is 6.21. The number of aromatic nitrogens is 2. The van der Waals surface area contributed by atoms with E-state index in [9.17, 15) is 0 Å². The van der Waals surface area contributed by atoms with Crippen LogP contribution in [0.5, 0.6) is 0 Å². The number of benzene rings is 4. The molecule has 0 unspecified atom stereocenters. The van der Waals surface area contributed by atoms with E-state index >= 15 is 0 Å². The van der Waals surface area contributed by atoms with Crippen LogP contribution in [0, 0.1) is 19.1 Å². The molecule has 4 aromatic carbocycles. The van der Waals surface area contributed by atoms with Crippen LogP contribution >= 0.6 is 0 Å². The predicted molar refractivity (Wildman–Crippen MR) is 201 cm³/mol. The molecule has 0 N–H and O–H groups in total. The van der Waals surface area contributed by atoms with Gasteiger partial charge in [0.05, 0.1) is 13.7 Å². The fraction of sp³-hybridized carbons (Fsp3) is 0.209. The smallest absolute Gasteiger partial charge is 0.121 e. The number of fused-ring (bicyclic) bond motifs is 3. The van der Waals surface area contributed by atoms with Gasteiger partial charge in [0.1, 0.15) is 5.58 Å². The van der Waals surface area contributed by atoms with Crippen molar-refractivity contribution in [3.63, 3.8) is 0 Å². The first-order valence-corrected chi connectivity index (χ1v) is 20.1. The van der Waals surface area contributed by atoms with Crippen molar-refractivity contribution in [1.29, 1.82) is 0 Å². The largest absolute Gasteiger partial charge is 0.501 e. The standard InChI is InChI=1S/C28H24NO.C15H18NSi.Ir/c1-3-19(4-2)21-16-17-29-25(18-21)23-13-8-14-24-27-22(20-10-6-5-7-11-20)12-9-15-26(27)30-28(23)24;1-12-10-14(13-8-6-5-7-9-13)16-11-15(12)17(2,3)4;/h5-12,14-19H,3-4H2,1-2H3;5-8,10-11H,1-4H3;/q2*-1;. The normalized spacial score (nSPS) is 11.3. The van der Waals surface area contributed by atoms with E-state index in [-0.39, 0.29) is 20.1 Å². The average Bonchev–Trinajstić information content (AvgIpc) is 3.49. The van der Waals surface area contributed by atoms with Crippen molar-refractivity contribution >= 4 is 35.2 Å². The van der Waals surface area contributed by atoms with E-state index in [1.807, 2.05) is 42.6 Å². The Balaban J connectivity index is 0.000000214. The molecule has 0 atom stereocenters. The molecule has 0 bridgehead atoms. The van der Waals surface area contributed by atoms with Gasteiger partial charge in [0.15, 0.2) is 0 Å². The van der Waals surface area contributed by atoms with Gasteiger partial charge in [-0.05, 0) is 65.5 Å². The van der Waals surface area contributed by atoms with Crippen LogP contribution in [0.4, 0.5) is 0 Å². The van der Waals surface area contributed by atoms with Crippen molar-refractivity contribution in [3.8, 4) is 33.6 Å². The molecular formula is C43H42IrN2OSi-2. The van der Waals surface area contributed by atoms with Gasteiger partial charge in [-0.2, -0.15) is 0 Å². The predicted octanol–water partition coefficient (Wildman–Crippen LogP) is 11.4. The Hall–Kier alpha value is -4.15. The second-order valence-electron chi connectivity index (χ2n) is 13.1. The van der Waals surface area contributed by atoms with Crippen LogP contribution in [-0.4, -0.2) is 18.0 Å². The third kappa shape index (κ3) is 7.44. The van der Waals surface area contributed by atoms with E-state index in [2.05, 4.69) is 135 Å². The van der Waals surface area contributed by atoms with Gasteiger partial charge >= 0.3 is 0 Å². The quantitative estimate of drug-likeness (QED) is 0.119. The molecule has 0 saturated carbocycles. The Bertz CT molecular complexity index is 2110. The average molecular weight is 823 g/mol. The Morgan fingerprint density at radius 1 is 0.771 bits per heavy atom. The minimum Gasteiger partial charge on any atom is -0.501 e. The Morgan fingerprint density at radius 3 is 2.23 bits per heavy atom. The van der Waals surface area contributed by atoms with Crippen LogP contribution in [0.1, 0.15) is 43.7 Å². The molecule has 0 fully saturated rings. The summed E-state index contributed by atoms with van der Waals surface area (Å²) in [6, 6.07) is 41.9. The van der Waals surface area contributed by atoms with Gasteiger partial charge in [-0.25, -0.2) is 0 Å². The van der Waals surface area contributed by atoms with E-state index in [0.29, 0.717) is 5.92 Å². The third-order valence-electron chi connectivity index (χ3n) is 8.94. The summed E-state index contributed by atoms with van der Waals surface area (Å²) < 4.78 is 6.38. The number of furan rings is 1. The molecule has 5 heteroatoms. The minimum absolute atomic E-state index is 0. The van der Waals surface area contributed by atoms with Crippen LogP contribution in [0.3, 0.4) is 0 Å². The third-order valence-corrected chi connectivity index (χ3v) is 11.1. The number of rotatable bonds is 7. The van der Waals surface area contributed by atoms with Crippen molar-refractivity contribution in [3.05, 3.63) is 139 Å². The van der Waals surface area contributed by atoms with Crippen molar-refractivity contribution in [2.45, 2.75) is 59.2 Å². The zero-order chi connectivity index (χ0) is 33.0. The summed E-state index contributed by atoms with van der Waals surface area (Å²) in [5.41, 5.74) is 10.7. The van der Waals surface area contributed by atoms with Crippen molar-refractivity contribution in [1.82, 2.24) is 9.97 Å².